The quantitative estimate of drug-likeness (QED) is 0.548. The second-order valence-corrected chi connectivity index (χ2v) is 6.40. The molecule has 2 rings (SSSR count). The van der Waals surface area contributed by atoms with Crippen LogP contribution < -0.4 is 14.9 Å². The number of carbonyl (C=O) groups excluding carboxylic acids is 1. The number of hydrogen-bond acceptors (Lipinski definition) is 5. The predicted octanol–water partition coefficient (Wildman–Crippen LogP) is 3.75. The number of aryl methyl sites for hydroxylation is 1. The molecule has 144 valence electrons. The molecule has 0 bridgehead atoms. The summed E-state index contributed by atoms with van der Waals surface area (Å²) in [5.41, 5.74) is 4.96. The van der Waals surface area contributed by atoms with E-state index in [2.05, 4.69) is 24.4 Å². The summed E-state index contributed by atoms with van der Waals surface area (Å²) in [5, 5.41) is 14.0. The number of benzene rings is 2. The van der Waals surface area contributed by atoms with Crippen LogP contribution in [0.3, 0.4) is 0 Å². The van der Waals surface area contributed by atoms with Gasteiger partial charge in [0.1, 0.15) is 5.75 Å². The summed E-state index contributed by atoms with van der Waals surface area (Å²) in [6.07, 6.45) is 1.36. The van der Waals surface area contributed by atoms with Gasteiger partial charge in [0.25, 0.3) is 5.91 Å². The molecule has 2 N–H and O–H groups in total. The van der Waals surface area contributed by atoms with Gasteiger partial charge in [0, 0.05) is 5.56 Å². The lowest BCUT2D eigenvalue weighted by molar-refractivity contribution is -0.123. The van der Waals surface area contributed by atoms with Gasteiger partial charge in [-0.05, 0) is 49.1 Å². The molecule has 0 heterocycles. The van der Waals surface area contributed by atoms with E-state index in [0.717, 1.165) is 11.1 Å². The van der Waals surface area contributed by atoms with Crippen LogP contribution in [-0.2, 0) is 4.79 Å². The number of phenols is 1. The SMILES string of the molecule is CCOc1cccc(/C=N/NC(=O)COc2cc(C)ccc2C(C)C)c1O. The van der Waals surface area contributed by atoms with Crippen molar-refractivity contribution < 1.29 is 19.4 Å². The Balaban J connectivity index is 1.95. The fraction of sp³-hybridized carbons (Fsp3) is 0.333. The molecule has 6 heteroatoms. The Hall–Kier alpha value is -3.02. The molecule has 2 aromatic carbocycles. The summed E-state index contributed by atoms with van der Waals surface area (Å²) in [6, 6.07) is 11.0. The Morgan fingerprint density at radius 2 is 2.00 bits per heavy atom. The molecular formula is C21H26N2O4. The van der Waals surface area contributed by atoms with Crippen LogP contribution in [0.2, 0.25) is 0 Å². The smallest absolute Gasteiger partial charge is 0.277 e. The number of para-hydroxylation sites is 1. The summed E-state index contributed by atoms with van der Waals surface area (Å²) >= 11 is 0. The highest BCUT2D eigenvalue weighted by Gasteiger charge is 2.10. The lowest BCUT2D eigenvalue weighted by atomic mass is 10.0. The average Bonchev–Trinajstić information content (AvgIpc) is 2.63. The van der Waals surface area contributed by atoms with Crippen LogP contribution in [0.25, 0.3) is 0 Å². The van der Waals surface area contributed by atoms with E-state index >= 15 is 0 Å². The first-order valence-electron chi connectivity index (χ1n) is 8.92. The Morgan fingerprint density at radius 3 is 2.70 bits per heavy atom. The largest absolute Gasteiger partial charge is 0.504 e. The number of rotatable bonds is 8. The normalized spacial score (nSPS) is 11.0. The van der Waals surface area contributed by atoms with Crippen LogP contribution in [0.1, 0.15) is 43.4 Å². The van der Waals surface area contributed by atoms with E-state index in [1.54, 1.807) is 18.2 Å². The number of nitrogens with one attached hydrogen (secondary N) is 1. The maximum Gasteiger partial charge on any atom is 0.277 e. The number of hydrogen-bond donors (Lipinski definition) is 2. The fourth-order valence-corrected chi connectivity index (χ4v) is 2.51. The van der Waals surface area contributed by atoms with Crippen molar-refractivity contribution in [2.45, 2.75) is 33.6 Å². The molecule has 2 aromatic rings. The molecule has 0 radical (unpaired) electrons. The molecule has 0 aliphatic rings. The molecule has 0 aliphatic heterocycles. The van der Waals surface area contributed by atoms with Crippen molar-refractivity contribution in [2.75, 3.05) is 13.2 Å². The Bertz CT molecular complexity index is 816. The lowest BCUT2D eigenvalue weighted by Crippen LogP contribution is -2.25. The van der Waals surface area contributed by atoms with E-state index in [0.29, 0.717) is 29.6 Å². The maximum absolute atomic E-state index is 12.0. The third-order valence-corrected chi connectivity index (χ3v) is 3.87. The molecule has 1 amide bonds. The van der Waals surface area contributed by atoms with Gasteiger partial charge in [0.05, 0.1) is 12.8 Å². The van der Waals surface area contributed by atoms with Gasteiger partial charge in [-0.2, -0.15) is 5.10 Å². The second kappa shape index (κ2) is 9.62. The molecule has 0 aromatic heterocycles. The number of hydrazone groups is 1. The number of nitrogens with zero attached hydrogens (tertiary/aromatic N) is 1. The van der Waals surface area contributed by atoms with Crippen molar-refractivity contribution in [3.63, 3.8) is 0 Å². The van der Waals surface area contributed by atoms with Gasteiger partial charge in [0.2, 0.25) is 0 Å². The highest BCUT2D eigenvalue weighted by molar-refractivity contribution is 5.86. The van der Waals surface area contributed by atoms with Crippen LogP contribution in [0.5, 0.6) is 17.2 Å². The standard InChI is InChI=1S/C21H26N2O4/c1-5-26-18-8-6-7-16(21(18)25)12-22-23-20(24)13-27-19-11-15(4)9-10-17(19)14(2)3/h6-12,14,25H,5,13H2,1-4H3,(H,23,24)/b22-12+. The van der Waals surface area contributed by atoms with Crippen molar-refractivity contribution >= 4 is 12.1 Å². The molecule has 6 nitrogen and oxygen atoms in total. The van der Waals surface area contributed by atoms with Crippen LogP contribution in [0.4, 0.5) is 0 Å². The summed E-state index contributed by atoms with van der Waals surface area (Å²) in [7, 11) is 0. The van der Waals surface area contributed by atoms with Crippen molar-refractivity contribution in [3.05, 3.63) is 53.1 Å². The van der Waals surface area contributed by atoms with Crippen LogP contribution in [0.15, 0.2) is 41.5 Å². The minimum atomic E-state index is -0.386. The van der Waals surface area contributed by atoms with Crippen molar-refractivity contribution in [1.82, 2.24) is 5.43 Å². The van der Waals surface area contributed by atoms with Gasteiger partial charge in [-0.3, -0.25) is 4.79 Å². The number of amides is 1. The Kier molecular flexibility index (Phi) is 7.23. The van der Waals surface area contributed by atoms with Gasteiger partial charge >= 0.3 is 0 Å². The number of phenolic OH excluding ortho intramolecular Hbond substituents is 1. The van der Waals surface area contributed by atoms with E-state index < -0.39 is 0 Å². The Morgan fingerprint density at radius 1 is 1.22 bits per heavy atom. The molecule has 0 unspecified atom stereocenters. The molecule has 0 spiro atoms. The third-order valence-electron chi connectivity index (χ3n) is 3.87. The van der Waals surface area contributed by atoms with Gasteiger partial charge in [-0.15, -0.1) is 0 Å². The first kappa shape index (κ1) is 20.3. The number of aromatic hydroxyl groups is 1. The zero-order valence-corrected chi connectivity index (χ0v) is 16.2. The zero-order chi connectivity index (χ0) is 19.8. The summed E-state index contributed by atoms with van der Waals surface area (Å²) < 4.78 is 11.0. The van der Waals surface area contributed by atoms with E-state index in [-0.39, 0.29) is 18.3 Å². The van der Waals surface area contributed by atoms with Crippen LogP contribution in [-0.4, -0.2) is 30.4 Å². The van der Waals surface area contributed by atoms with E-state index in [1.807, 2.05) is 32.0 Å². The zero-order valence-electron chi connectivity index (χ0n) is 16.2. The molecule has 0 saturated heterocycles. The lowest BCUT2D eigenvalue weighted by Gasteiger charge is -2.14. The fourth-order valence-electron chi connectivity index (χ4n) is 2.51. The monoisotopic (exact) mass is 370 g/mol. The summed E-state index contributed by atoms with van der Waals surface area (Å²) in [4.78, 5) is 12.0. The Labute approximate surface area is 159 Å². The van der Waals surface area contributed by atoms with E-state index in [1.165, 1.54) is 6.21 Å². The molecule has 27 heavy (non-hydrogen) atoms. The minimum absolute atomic E-state index is 0.0186. The number of carbonyl (C=O) groups is 1. The van der Waals surface area contributed by atoms with Crippen LogP contribution >= 0.6 is 0 Å². The third kappa shape index (κ3) is 5.74. The number of ether oxygens (including phenoxy) is 2. The van der Waals surface area contributed by atoms with Crippen LogP contribution in [0, 0.1) is 6.92 Å². The molecule has 0 atom stereocenters. The predicted molar refractivity (Wildman–Crippen MR) is 106 cm³/mol. The highest BCUT2D eigenvalue weighted by Crippen LogP contribution is 2.29. The van der Waals surface area contributed by atoms with Gasteiger partial charge in [-0.1, -0.05) is 32.0 Å². The van der Waals surface area contributed by atoms with Gasteiger partial charge < -0.3 is 14.6 Å². The molecule has 0 saturated carbocycles. The molecule has 0 fully saturated rings. The average molecular weight is 370 g/mol. The second-order valence-electron chi connectivity index (χ2n) is 6.40. The minimum Gasteiger partial charge on any atom is -0.504 e. The first-order chi connectivity index (χ1) is 12.9. The first-order valence-corrected chi connectivity index (χ1v) is 8.92. The van der Waals surface area contributed by atoms with Crippen molar-refractivity contribution in [2.24, 2.45) is 5.10 Å². The van der Waals surface area contributed by atoms with E-state index in [9.17, 15) is 9.90 Å². The molecular weight excluding hydrogens is 344 g/mol. The van der Waals surface area contributed by atoms with Gasteiger partial charge in [-0.25, -0.2) is 5.43 Å². The maximum atomic E-state index is 12.0. The summed E-state index contributed by atoms with van der Waals surface area (Å²) in [5.74, 6) is 0.961. The van der Waals surface area contributed by atoms with Crippen molar-refractivity contribution in [1.29, 1.82) is 0 Å². The van der Waals surface area contributed by atoms with E-state index in [4.69, 9.17) is 9.47 Å². The van der Waals surface area contributed by atoms with Gasteiger partial charge in [0.15, 0.2) is 18.1 Å². The topological polar surface area (TPSA) is 80.2 Å². The van der Waals surface area contributed by atoms with Crippen molar-refractivity contribution in [3.8, 4) is 17.2 Å². The summed E-state index contributed by atoms with van der Waals surface area (Å²) in [6.45, 7) is 8.25. The highest BCUT2D eigenvalue weighted by atomic mass is 16.5. The molecule has 0 aliphatic carbocycles.